The minimum atomic E-state index is -0.191. The number of hydrogen-bond acceptors (Lipinski definition) is 1. The molecule has 0 unspecified atom stereocenters. The van der Waals surface area contributed by atoms with Crippen molar-refractivity contribution in [3.63, 3.8) is 0 Å². The Morgan fingerprint density at radius 1 is 1.36 bits per heavy atom. The molecule has 68 valence electrons. The van der Waals surface area contributed by atoms with Crippen LogP contribution >= 0.6 is 11.6 Å². The van der Waals surface area contributed by atoms with Crippen LogP contribution in [0.1, 0.15) is 11.1 Å². The summed E-state index contributed by atoms with van der Waals surface area (Å²) in [5.41, 5.74) is 1.76. The number of benzene rings is 1. The summed E-state index contributed by atoms with van der Waals surface area (Å²) < 4.78 is 0. The van der Waals surface area contributed by atoms with Crippen molar-refractivity contribution in [2.45, 2.75) is 6.42 Å². The molecule has 0 N–H and O–H groups in total. The summed E-state index contributed by atoms with van der Waals surface area (Å²) in [5, 5.41) is 0.284. The standard InChI is InChI=1S/C11H6ClNO/c1-13-11-9(14)6-7-4-2-3-5-8(7)10(11)12/h2-5H,6H2. The van der Waals surface area contributed by atoms with Crippen molar-refractivity contribution in [1.82, 2.24) is 0 Å². The molecule has 2 nitrogen and oxygen atoms in total. The lowest BCUT2D eigenvalue weighted by atomic mass is 9.94. The second kappa shape index (κ2) is 3.28. The fraction of sp³-hybridized carbons (Fsp3) is 0.0909. The van der Waals surface area contributed by atoms with Crippen LogP contribution in [0.15, 0.2) is 30.0 Å². The number of ketones is 1. The van der Waals surface area contributed by atoms with Crippen LogP contribution in [0.2, 0.25) is 0 Å². The molecule has 0 saturated heterocycles. The predicted octanol–water partition coefficient (Wildman–Crippen LogP) is 2.64. The van der Waals surface area contributed by atoms with Gasteiger partial charge in [0.05, 0.1) is 11.6 Å². The van der Waals surface area contributed by atoms with Crippen molar-refractivity contribution in [1.29, 1.82) is 0 Å². The zero-order valence-corrected chi connectivity index (χ0v) is 8.01. The van der Waals surface area contributed by atoms with Gasteiger partial charge in [-0.05, 0) is 11.1 Å². The molecule has 0 amide bonds. The lowest BCUT2D eigenvalue weighted by Gasteiger charge is -2.14. The van der Waals surface area contributed by atoms with Crippen LogP contribution in [0.3, 0.4) is 0 Å². The molecule has 0 atom stereocenters. The number of fused-ring (bicyclic) bond motifs is 1. The van der Waals surface area contributed by atoms with Gasteiger partial charge in [-0.25, -0.2) is 4.85 Å². The van der Waals surface area contributed by atoms with Gasteiger partial charge in [0.2, 0.25) is 5.70 Å². The Balaban J connectivity index is 2.69. The molecule has 0 aliphatic heterocycles. The van der Waals surface area contributed by atoms with Gasteiger partial charge in [-0.3, -0.25) is 0 Å². The van der Waals surface area contributed by atoms with Crippen LogP contribution < -0.4 is 0 Å². The second-order valence-corrected chi connectivity index (χ2v) is 3.41. The quantitative estimate of drug-likeness (QED) is 0.594. The lowest BCUT2D eigenvalue weighted by molar-refractivity contribution is -0.114. The fourth-order valence-corrected chi connectivity index (χ4v) is 1.84. The van der Waals surface area contributed by atoms with Gasteiger partial charge in [0.1, 0.15) is 0 Å². The largest absolute Gasteiger partial charge is 0.307 e. The summed E-state index contributed by atoms with van der Waals surface area (Å²) in [4.78, 5) is 14.6. The Morgan fingerprint density at radius 2 is 2.07 bits per heavy atom. The monoisotopic (exact) mass is 203 g/mol. The molecule has 2 rings (SSSR count). The molecule has 1 aromatic carbocycles. The van der Waals surface area contributed by atoms with Crippen molar-refractivity contribution in [2.75, 3.05) is 0 Å². The van der Waals surface area contributed by atoms with Gasteiger partial charge < -0.3 is 4.79 Å². The number of nitrogens with zero attached hydrogens (tertiary/aromatic N) is 1. The Hall–Kier alpha value is -1.59. The highest BCUT2D eigenvalue weighted by Gasteiger charge is 2.24. The maximum atomic E-state index is 11.4. The number of halogens is 1. The molecule has 1 aliphatic carbocycles. The SMILES string of the molecule is [C-]#[N+]C1=C(Cl)c2ccccc2CC1=O. The molecule has 0 spiro atoms. The number of hydrogen-bond donors (Lipinski definition) is 0. The first-order valence-corrected chi connectivity index (χ1v) is 4.50. The average molecular weight is 204 g/mol. The van der Waals surface area contributed by atoms with Crippen LogP contribution in [-0.4, -0.2) is 5.78 Å². The molecular formula is C11H6ClNO. The molecule has 14 heavy (non-hydrogen) atoms. The van der Waals surface area contributed by atoms with E-state index >= 15 is 0 Å². The van der Waals surface area contributed by atoms with Crippen molar-refractivity contribution >= 4 is 22.4 Å². The van der Waals surface area contributed by atoms with E-state index in [1.54, 1.807) is 0 Å². The van der Waals surface area contributed by atoms with E-state index in [9.17, 15) is 4.79 Å². The first-order valence-electron chi connectivity index (χ1n) is 4.12. The molecule has 3 heteroatoms. The Kier molecular flexibility index (Phi) is 2.11. The van der Waals surface area contributed by atoms with Crippen molar-refractivity contribution in [3.05, 3.63) is 52.5 Å². The number of Topliss-reactive ketones (excluding diaryl/α,β-unsaturated/α-hetero) is 1. The van der Waals surface area contributed by atoms with Gasteiger partial charge in [0.25, 0.3) is 0 Å². The first-order chi connectivity index (χ1) is 6.74. The Labute approximate surface area is 86.6 Å². The third-order valence-corrected chi connectivity index (χ3v) is 2.57. The van der Waals surface area contributed by atoms with Gasteiger partial charge in [-0.1, -0.05) is 35.9 Å². The Bertz CT molecular complexity index is 482. The van der Waals surface area contributed by atoms with E-state index in [2.05, 4.69) is 4.85 Å². The molecule has 0 aromatic heterocycles. The summed E-state index contributed by atoms with van der Waals surface area (Å²) >= 11 is 5.95. The van der Waals surface area contributed by atoms with E-state index in [0.29, 0.717) is 0 Å². The normalized spacial score (nSPS) is 15.0. The zero-order valence-electron chi connectivity index (χ0n) is 7.25. The average Bonchev–Trinajstić information content (AvgIpc) is 2.18. The van der Waals surface area contributed by atoms with E-state index in [1.165, 1.54) is 0 Å². The van der Waals surface area contributed by atoms with Crippen LogP contribution in [0, 0.1) is 6.57 Å². The highest BCUT2D eigenvalue weighted by Crippen LogP contribution is 2.32. The van der Waals surface area contributed by atoms with Gasteiger partial charge in [-0.15, -0.1) is 0 Å². The minimum absolute atomic E-state index is 0.0605. The van der Waals surface area contributed by atoms with E-state index < -0.39 is 0 Å². The van der Waals surface area contributed by atoms with Crippen molar-refractivity contribution < 1.29 is 4.79 Å². The third kappa shape index (κ3) is 1.23. The highest BCUT2D eigenvalue weighted by molar-refractivity contribution is 6.52. The molecule has 0 radical (unpaired) electrons. The van der Waals surface area contributed by atoms with E-state index in [1.807, 2.05) is 24.3 Å². The van der Waals surface area contributed by atoms with Crippen LogP contribution in [0.5, 0.6) is 0 Å². The first kappa shape index (κ1) is 8.98. The smallest absolute Gasteiger partial charge is 0.248 e. The topological polar surface area (TPSA) is 21.4 Å². The van der Waals surface area contributed by atoms with Gasteiger partial charge in [-0.2, -0.15) is 0 Å². The number of carbonyl (C=O) groups is 1. The Morgan fingerprint density at radius 3 is 2.79 bits per heavy atom. The maximum Gasteiger partial charge on any atom is 0.248 e. The molecule has 1 aromatic rings. The zero-order chi connectivity index (χ0) is 10.1. The molecule has 0 fully saturated rings. The third-order valence-electron chi connectivity index (χ3n) is 2.19. The second-order valence-electron chi connectivity index (χ2n) is 3.03. The predicted molar refractivity (Wildman–Crippen MR) is 54.5 cm³/mol. The molecular weight excluding hydrogens is 198 g/mol. The summed E-state index contributed by atoms with van der Waals surface area (Å²) in [6, 6.07) is 7.39. The maximum absolute atomic E-state index is 11.4. The van der Waals surface area contributed by atoms with Gasteiger partial charge in [0, 0.05) is 6.42 Å². The van der Waals surface area contributed by atoms with Crippen LogP contribution in [0.25, 0.3) is 9.88 Å². The number of carbonyl (C=O) groups excluding carboxylic acids is 1. The number of allylic oxidation sites excluding steroid dienone is 1. The van der Waals surface area contributed by atoms with Crippen molar-refractivity contribution in [2.24, 2.45) is 0 Å². The van der Waals surface area contributed by atoms with Crippen molar-refractivity contribution in [3.8, 4) is 0 Å². The minimum Gasteiger partial charge on any atom is -0.307 e. The van der Waals surface area contributed by atoms with E-state index in [0.717, 1.165) is 11.1 Å². The highest BCUT2D eigenvalue weighted by atomic mass is 35.5. The summed E-state index contributed by atoms with van der Waals surface area (Å²) in [7, 11) is 0. The lowest BCUT2D eigenvalue weighted by Crippen LogP contribution is -2.12. The van der Waals surface area contributed by atoms with E-state index in [4.69, 9.17) is 18.2 Å². The van der Waals surface area contributed by atoms with E-state index in [-0.39, 0.29) is 22.9 Å². The molecule has 0 heterocycles. The summed E-state index contributed by atoms with van der Waals surface area (Å²) in [5.74, 6) is -0.191. The van der Waals surface area contributed by atoms with Crippen LogP contribution in [0.4, 0.5) is 0 Å². The fourth-order valence-electron chi connectivity index (χ4n) is 1.51. The molecule has 0 bridgehead atoms. The molecule has 0 saturated carbocycles. The summed E-state index contributed by atoms with van der Waals surface area (Å²) in [6.45, 7) is 6.86. The van der Waals surface area contributed by atoms with Crippen LogP contribution in [-0.2, 0) is 11.2 Å². The van der Waals surface area contributed by atoms with Gasteiger partial charge in [0.15, 0.2) is 5.78 Å². The number of rotatable bonds is 0. The summed E-state index contributed by atoms with van der Waals surface area (Å²) in [6.07, 6.45) is 0.282. The van der Waals surface area contributed by atoms with Gasteiger partial charge >= 0.3 is 0 Å². The molecule has 1 aliphatic rings.